The SMILES string of the molecule is CC[n+]1cc(/N=C(\[O-])CSc2nc(O)cc(=O)[nH]2)on1. The molecule has 0 saturated carbocycles. The summed E-state index contributed by atoms with van der Waals surface area (Å²) in [5, 5.41) is 24.5. The maximum atomic E-state index is 11.6. The van der Waals surface area contributed by atoms with Gasteiger partial charge in [0, 0.05) is 5.75 Å². The molecule has 0 radical (unpaired) electrons. The van der Waals surface area contributed by atoms with Gasteiger partial charge in [-0.15, -0.1) is 0 Å². The van der Waals surface area contributed by atoms with Crippen molar-refractivity contribution in [3.63, 3.8) is 0 Å². The van der Waals surface area contributed by atoms with Gasteiger partial charge in [-0.05, 0) is 12.8 Å². The summed E-state index contributed by atoms with van der Waals surface area (Å²) in [6.45, 7) is 2.48. The summed E-state index contributed by atoms with van der Waals surface area (Å²) >= 11 is 0.950. The molecule has 2 aromatic heterocycles. The van der Waals surface area contributed by atoms with Crippen LogP contribution in [0.25, 0.3) is 0 Å². The van der Waals surface area contributed by atoms with Gasteiger partial charge in [-0.25, -0.2) is 4.99 Å². The van der Waals surface area contributed by atoms with E-state index in [0.717, 1.165) is 17.8 Å². The monoisotopic (exact) mass is 297 g/mol. The first-order valence-electron chi connectivity index (χ1n) is 5.61. The minimum atomic E-state index is -0.497. The Morgan fingerprint density at radius 3 is 3.15 bits per heavy atom. The lowest BCUT2D eigenvalue weighted by Gasteiger charge is -2.07. The Morgan fingerprint density at radius 1 is 1.70 bits per heavy atom. The average Bonchev–Trinajstić information content (AvgIpc) is 2.83. The number of aromatic nitrogens is 4. The Balaban J connectivity index is 2.00. The molecular weight excluding hydrogens is 286 g/mol. The van der Waals surface area contributed by atoms with Crippen LogP contribution in [0.1, 0.15) is 6.92 Å². The lowest BCUT2D eigenvalue weighted by Crippen LogP contribution is -2.32. The Bertz CT molecular complexity index is 680. The number of aromatic hydroxyl groups is 1. The van der Waals surface area contributed by atoms with E-state index in [4.69, 9.17) is 9.63 Å². The molecule has 20 heavy (non-hydrogen) atoms. The third-order valence-electron chi connectivity index (χ3n) is 2.10. The summed E-state index contributed by atoms with van der Waals surface area (Å²) in [5.74, 6) is -0.825. The zero-order valence-electron chi connectivity index (χ0n) is 10.4. The van der Waals surface area contributed by atoms with Crippen LogP contribution in [0.15, 0.2) is 31.7 Å². The molecule has 0 amide bonds. The number of nitrogens with zero attached hydrogens (tertiary/aromatic N) is 4. The van der Waals surface area contributed by atoms with Crippen LogP contribution in [0.4, 0.5) is 5.88 Å². The van der Waals surface area contributed by atoms with Gasteiger partial charge in [0.25, 0.3) is 11.8 Å². The number of aliphatic imine (C=N–C) groups is 1. The number of aromatic amines is 1. The Labute approximate surface area is 117 Å². The Kier molecular flexibility index (Phi) is 4.35. The third-order valence-corrected chi connectivity index (χ3v) is 2.95. The van der Waals surface area contributed by atoms with E-state index in [1.54, 1.807) is 0 Å². The maximum Gasteiger partial charge on any atom is 0.320 e. The van der Waals surface area contributed by atoms with Gasteiger partial charge in [0.15, 0.2) is 11.7 Å². The molecule has 9 nitrogen and oxygen atoms in total. The lowest BCUT2D eigenvalue weighted by atomic mass is 10.6. The molecule has 2 aromatic rings. The van der Waals surface area contributed by atoms with Gasteiger partial charge in [-0.1, -0.05) is 16.4 Å². The van der Waals surface area contributed by atoms with Crippen LogP contribution in [-0.4, -0.2) is 32.0 Å². The van der Waals surface area contributed by atoms with Gasteiger partial charge in [-0.3, -0.25) is 9.32 Å². The molecule has 0 aliphatic heterocycles. The van der Waals surface area contributed by atoms with Crippen molar-refractivity contribution in [1.82, 2.24) is 15.2 Å². The summed E-state index contributed by atoms with van der Waals surface area (Å²) in [7, 11) is 0. The number of rotatable bonds is 5. The number of thioether (sulfide) groups is 1. The standard InChI is InChI=1S/C10H11N5O4S/c1-2-15-4-9(19-14-15)11-8(18)5-20-10-12-6(16)3-7(17)13-10/h3-4H,2,5H2,1H3,(H2-,11,12,13,14,16,17,18). The Hall–Kier alpha value is -2.36. The van der Waals surface area contributed by atoms with E-state index < -0.39 is 17.3 Å². The summed E-state index contributed by atoms with van der Waals surface area (Å²) < 4.78 is 6.31. The summed E-state index contributed by atoms with van der Waals surface area (Å²) in [5.41, 5.74) is -0.497. The van der Waals surface area contributed by atoms with Gasteiger partial charge < -0.3 is 15.2 Å². The molecule has 0 saturated heterocycles. The van der Waals surface area contributed by atoms with Crippen LogP contribution in [0.3, 0.4) is 0 Å². The van der Waals surface area contributed by atoms with Crippen LogP contribution in [0.2, 0.25) is 0 Å². The van der Waals surface area contributed by atoms with Crippen molar-refractivity contribution in [2.45, 2.75) is 18.6 Å². The normalized spacial score (nSPS) is 11.8. The van der Waals surface area contributed by atoms with Crippen molar-refractivity contribution in [1.29, 1.82) is 0 Å². The van der Waals surface area contributed by atoms with E-state index in [9.17, 15) is 9.90 Å². The largest absolute Gasteiger partial charge is 0.861 e. The predicted molar refractivity (Wildman–Crippen MR) is 66.7 cm³/mol. The molecule has 10 heteroatoms. The molecule has 2 heterocycles. The van der Waals surface area contributed by atoms with Crippen molar-refractivity contribution < 1.29 is 19.4 Å². The number of nitrogens with one attached hydrogen (secondary N) is 1. The summed E-state index contributed by atoms with van der Waals surface area (Å²) in [4.78, 5) is 20.8. The number of hydrogen-bond donors (Lipinski definition) is 2. The fraction of sp³-hybridized carbons (Fsp3) is 0.300. The van der Waals surface area contributed by atoms with Crippen molar-refractivity contribution >= 4 is 23.5 Å². The van der Waals surface area contributed by atoms with E-state index in [2.05, 4.69) is 20.2 Å². The first kappa shape index (κ1) is 14.1. The molecule has 0 unspecified atom stereocenters. The molecule has 0 aliphatic rings. The summed E-state index contributed by atoms with van der Waals surface area (Å²) in [6, 6.07) is 0.939. The molecule has 0 spiro atoms. The van der Waals surface area contributed by atoms with Crippen LogP contribution in [0, 0.1) is 0 Å². The van der Waals surface area contributed by atoms with Crippen LogP contribution >= 0.6 is 11.8 Å². The van der Waals surface area contributed by atoms with E-state index in [1.165, 1.54) is 10.9 Å². The van der Waals surface area contributed by atoms with Crippen molar-refractivity contribution in [3.8, 4) is 5.88 Å². The second-order valence-electron chi connectivity index (χ2n) is 3.60. The highest BCUT2D eigenvalue weighted by atomic mass is 32.2. The quantitative estimate of drug-likeness (QED) is 0.237. The molecular formula is C10H11N5O4S. The second kappa shape index (κ2) is 6.19. The fourth-order valence-electron chi connectivity index (χ4n) is 1.24. The topological polar surface area (TPSA) is 131 Å². The third kappa shape index (κ3) is 3.82. The Morgan fingerprint density at radius 2 is 2.50 bits per heavy atom. The zero-order chi connectivity index (χ0) is 14.5. The molecule has 106 valence electrons. The van der Waals surface area contributed by atoms with Gasteiger partial charge in [-0.2, -0.15) is 4.98 Å². The van der Waals surface area contributed by atoms with E-state index in [-0.39, 0.29) is 16.8 Å². The molecule has 2 rings (SSSR count). The smallest absolute Gasteiger partial charge is 0.320 e. The first-order chi connectivity index (χ1) is 9.56. The van der Waals surface area contributed by atoms with Crippen LogP contribution < -0.4 is 15.3 Å². The minimum Gasteiger partial charge on any atom is -0.861 e. The number of aryl methyl sites for hydroxylation is 1. The van der Waals surface area contributed by atoms with Crippen molar-refractivity contribution in [3.05, 3.63) is 22.6 Å². The minimum absolute atomic E-state index is 0.0563. The van der Waals surface area contributed by atoms with E-state index >= 15 is 0 Å². The van der Waals surface area contributed by atoms with Crippen molar-refractivity contribution in [2.75, 3.05) is 5.75 Å². The van der Waals surface area contributed by atoms with Crippen LogP contribution in [-0.2, 0) is 6.54 Å². The van der Waals surface area contributed by atoms with Gasteiger partial charge in [0.1, 0.15) is 0 Å². The summed E-state index contributed by atoms with van der Waals surface area (Å²) in [6.07, 6.45) is 1.50. The van der Waals surface area contributed by atoms with Gasteiger partial charge >= 0.3 is 5.88 Å². The number of H-pyrrole nitrogens is 1. The molecule has 2 N–H and O–H groups in total. The van der Waals surface area contributed by atoms with E-state index in [1.807, 2.05) is 6.92 Å². The molecule has 0 aromatic carbocycles. The highest BCUT2D eigenvalue weighted by molar-refractivity contribution is 7.99. The fourth-order valence-corrected chi connectivity index (χ4v) is 1.90. The first-order valence-corrected chi connectivity index (χ1v) is 6.59. The molecule has 0 fully saturated rings. The van der Waals surface area contributed by atoms with E-state index in [0.29, 0.717) is 6.54 Å². The van der Waals surface area contributed by atoms with Gasteiger partial charge in [0.2, 0.25) is 11.2 Å². The highest BCUT2D eigenvalue weighted by Crippen LogP contribution is 2.14. The zero-order valence-corrected chi connectivity index (χ0v) is 11.3. The maximum absolute atomic E-state index is 11.6. The molecule has 0 atom stereocenters. The lowest BCUT2D eigenvalue weighted by molar-refractivity contribution is -0.759. The van der Waals surface area contributed by atoms with Crippen LogP contribution in [0.5, 0.6) is 5.88 Å². The average molecular weight is 297 g/mol. The second-order valence-corrected chi connectivity index (χ2v) is 4.56. The molecule has 0 bridgehead atoms. The van der Waals surface area contributed by atoms with Crippen molar-refractivity contribution in [2.24, 2.45) is 4.99 Å². The predicted octanol–water partition coefficient (Wildman–Crippen LogP) is -1.05. The highest BCUT2D eigenvalue weighted by Gasteiger charge is 2.07. The van der Waals surface area contributed by atoms with Gasteiger partial charge in [0.05, 0.1) is 6.07 Å². The number of hydrogen-bond acceptors (Lipinski definition) is 8. The molecule has 0 aliphatic carbocycles.